The third kappa shape index (κ3) is 5.91. The lowest BCUT2D eigenvalue weighted by Gasteiger charge is -2.38. The fraction of sp³-hybridized carbons (Fsp3) is 0.441. The molecule has 1 aliphatic carbocycles. The van der Waals surface area contributed by atoms with Crippen molar-refractivity contribution in [1.82, 2.24) is 14.8 Å². The van der Waals surface area contributed by atoms with E-state index in [-0.39, 0.29) is 23.5 Å². The highest BCUT2D eigenvalue weighted by Crippen LogP contribution is 2.48. The summed E-state index contributed by atoms with van der Waals surface area (Å²) in [5.41, 5.74) is 6.15. The number of fused-ring (bicyclic) bond motifs is 1. The van der Waals surface area contributed by atoms with Gasteiger partial charge < -0.3 is 14.4 Å². The molecule has 3 aliphatic rings. The van der Waals surface area contributed by atoms with Gasteiger partial charge in [0.1, 0.15) is 17.3 Å². The monoisotopic (exact) mass is 571 g/mol. The molecule has 0 spiro atoms. The summed E-state index contributed by atoms with van der Waals surface area (Å²) in [6, 6.07) is 14.7. The molecule has 8 heteroatoms. The Balaban J connectivity index is 1.15. The molecule has 2 aliphatic heterocycles. The van der Waals surface area contributed by atoms with E-state index in [0.717, 1.165) is 55.8 Å². The van der Waals surface area contributed by atoms with E-state index in [1.165, 1.54) is 43.2 Å². The van der Waals surface area contributed by atoms with Gasteiger partial charge in [-0.3, -0.25) is 9.69 Å². The van der Waals surface area contributed by atoms with Crippen LogP contribution in [0.3, 0.4) is 0 Å². The molecule has 42 heavy (non-hydrogen) atoms. The van der Waals surface area contributed by atoms with Crippen LogP contribution in [0.2, 0.25) is 0 Å². The maximum absolute atomic E-state index is 13.7. The van der Waals surface area contributed by atoms with Crippen molar-refractivity contribution in [3.8, 4) is 16.9 Å². The van der Waals surface area contributed by atoms with E-state index in [0.29, 0.717) is 36.7 Å². The standard InChI is InChI=1S/C34H38FN3O4/c1-3-42-31-20-22(19-28(23-6-7-23)32(31)24-8-10-25(35)11-9-24)21-37-17-14-26(15-18-37)38-16-4-5-29-27(33(38)39)12-13-30(36-29)34(40)41-2/h8-13,19-20,23,26H,3-7,14-18,21H2,1-2H3. The Morgan fingerprint density at radius 1 is 1.02 bits per heavy atom. The van der Waals surface area contributed by atoms with E-state index in [9.17, 15) is 14.0 Å². The Bertz CT molecular complexity index is 1460. The number of rotatable bonds is 8. The van der Waals surface area contributed by atoms with E-state index >= 15 is 0 Å². The molecular weight excluding hydrogens is 533 g/mol. The fourth-order valence-electron chi connectivity index (χ4n) is 6.47. The summed E-state index contributed by atoms with van der Waals surface area (Å²) in [6.07, 6.45) is 5.65. The van der Waals surface area contributed by atoms with Crippen LogP contribution in [0.4, 0.5) is 4.39 Å². The molecular formula is C34H38FN3O4. The third-order valence-corrected chi connectivity index (χ3v) is 8.72. The topological polar surface area (TPSA) is 72.0 Å². The second-order valence-corrected chi connectivity index (χ2v) is 11.6. The van der Waals surface area contributed by atoms with Crippen molar-refractivity contribution in [1.29, 1.82) is 0 Å². The molecule has 2 fully saturated rings. The Morgan fingerprint density at radius 2 is 1.79 bits per heavy atom. The van der Waals surface area contributed by atoms with Crippen molar-refractivity contribution in [3.63, 3.8) is 0 Å². The van der Waals surface area contributed by atoms with Crippen LogP contribution in [0.5, 0.6) is 5.75 Å². The van der Waals surface area contributed by atoms with Gasteiger partial charge in [-0.15, -0.1) is 0 Å². The first kappa shape index (κ1) is 28.3. The van der Waals surface area contributed by atoms with Crippen LogP contribution >= 0.6 is 0 Å². The fourth-order valence-corrected chi connectivity index (χ4v) is 6.47. The zero-order valence-corrected chi connectivity index (χ0v) is 24.4. The highest BCUT2D eigenvalue weighted by atomic mass is 19.1. The highest BCUT2D eigenvalue weighted by Gasteiger charge is 2.33. The van der Waals surface area contributed by atoms with Crippen LogP contribution in [-0.4, -0.2) is 66.1 Å². The molecule has 0 N–H and O–H groups in total. The predicted molar refractivity (Wildman–Crippen MR) is 158 cm³/mol. The van der Waals surface area contributed by atoms with E-state index in [1.54, 1.807) is 12.1 Å². The quantitative estimate of drug-likeness (QED) is 0.309. The van der Waals surface area contributed by atoms with Gasteiger partial charge in [0.05, 0.1) is 25.0 Å². The number of nitrogens with zero attached hydrogens (tertiary/aromatic N) is 3. The zero-order valence-electron chi connectivity index (χ0n) is 24.4. The Kier molecular flexibility index (Phi) is 8.24. The second-order valence-electron chi connectivity index (χ2n) is 11.6. The summed E-state index contributed by atoms with van der Waals surface area (Å²) in [4.78, 5) is 34.4. The first-order chi connectivity index (χ1) is 20.4. The number of pyridine rings is 1. The van der Waals surface area contributed by atoms with E-state index in [4.69, 9.17) is 9.47 Å². The number of methoxy groups -OCH3 is 1. The van der Waals surface area contributed by atoms with E-state index in [2.05, 4.69) is 22.0 Å². The molecule has 0 unspecified atom stereocenters. The summed E-state index contributed by atoms with van der Waals surface area (Å²) >= 11 is 0. The molecule has 1 saturated heterocycles. The number of amides is 1. The van der Waals surface area contributed by atoms with E-state index in [1.807, 2.05) is 24.0 Å². The molecule has 3 aromatic rings. The number of hydrogen-bond donors (Lipinski definition) is 0. The third-order valence-electron chi connectivity index (χ3n) is 8.72. The first-order valence-corrected chi connectivity index (χ1v) is 15.1. The van der Waals surface area contributed by atoms with Crippen molar-refractivity contribution in [2.75, 3.05) is 33.4 Å². The van der Waals surface area contributed by atoms with Gasteiger partial charge in [0, 0.05) is 37.8 Å². The number of likely N-dealkylation sites (tertiary alicyclic amines) is 1. The average Bonchev–Trinajstić information content (AvgIpc) is 3.86. The van der Waals surface area contributed by atoms with Gasteiger partial charge in [-0.25, -0.2) is 14.2 Å². The summed E-state index contributed by atoms with van der Waals surface area (Å²) in [5, 5.41) is 0. The van der Waals surface area contributed by atoms with Crippen molar-refractivity contribution >= 4 is 11.9 Å². The number of piperidine rings is 1. The number of hydrogen-bond acceptors (Lipinski definition) is 6. The van der Waals surface area contributed by atoms with Gasteiger partial charge in [-0.2, -0.15) is 0 Å². The number of aryl methyl sites for hydroxylation is 1. The second kappa shape index (κ2) is 12.2. The average molecular weight is 572 g/mol. The van der Waals surface area contributed by atoms with Crippen LogP contribution in [0.15, 0.2) is 48.5 Å². The SMILES string of the molecule is CCOc1cc(CN2CCC(N3CCCc4nc(C(=O)OC)ccc4C3=O)CC2)cc(C2CC2)c1-c1ccc(F)cc1. The molecule has 0 atom stereocenters. The molecule has 2 aromatic carbocycles. The normalized spacial score (nSPS) is 18.0. The Hall–Kier alpha value is -3.78. The van der Waals surface area contributed by atoms with Crippen LogP contribution < -0.4 is 4.74 Å². The van der Waals surface area contributed by atoms with Gasteiger partial charge in [-0.05, 0) is 98.4 Å². The lowest BCUT2D eigenvalue weighted by atomic mass is 9.93. The highest BCUT2D eigenvalue weighted by molar-refractivity contribution is 5.97. The summed E-state index contributed by atoms with van der Waals surface area (Å²) in [5.74, 6) is 0.680. The van der Waals surface area contributed by atoms with E-state index < -0.39 is 5.97 Å². The maximum Gasteiger partial charge on any atom is 0.356 e. The lowest BCUT2D eigenvalue weighted by molar-refractivity contribution is 0.0566. The minimum absolute atomic E-state index is 0.0108. The minimum atomic E-state index is -0.485. The van der Waals surface area contributed by atoms with Gasteiger partial charge >= 0.3 is 5.97 Å². The molecule has 6 rings (SSSR count). The smallest absolute Gasteiger partial charge is 0.356 e. The van der Waals surface area contributed by atoms with Crippen molar-refractivity contribution in [3.05, 3.63) is 82.4 Å². The van der Waals surface area contributed by atoms with Crippen molar-refractivity contribution in [2.24, 2.45) is 0 Å². The van der Waals surface area contributed by atoms with Crippen molar-refractivity contribution < 1.29 is 23.5 Å². The number of aromatic nitrogens is 1. The zero-order chi connectivity index (χ0) is 29.2. The predicted octanol–water partition coefficient (Wildman–Crippen LogP) is 6.00. The molecule has 1 amide bonds. The maximum atomic E-state index is 13.7. The van der Waals surface area contributed by atoms with Crippen molar-refractivity contribution in [2.45, 2.75) is 64.0 Å². The minimum Gasteiger partial charge on any atom is -0.493 e. The summed E-state index contributed by atoms with van der Waals surface area (Å²) < 4.78 is 24.6. The molecule has 220 valence electrons. The largest absolute Gasteiger partial charge is 0.493 e. The molecule has 0 bridgehead atoms. The van der Waals surface area contributed by atoms with Gasteiger partial charge in [0.15, 0.2) is 0 Å². The van der Waals surface area contributed by atoms with Gasteiger partial charge in [0.25, 0.3) is 5.91 Å². The summed E-state index contributed by atoms with van der Waals surface area (Å²) in [6.45, 7) is 5.90. The Morgan fingerprint density at radius 3 is 2.48 bits per heavy atom. The lowest BCUT2D eigenvalue weighted by Crippen LogP contribution is -2.47. The Labute approximate surface area is 246 Å². The molecule has 3 heterocycles. The van der Waals surface area contributed by atoms with Crippen LogP contribution in [0.25, 0.3) is 11.1 Å². The molecule has 1 aromatic heterocycles. The first-order valence-electron chi connectivity index (χ1n) is 15.1. The number of carbonyl (C=O) groups excluding carboxylic acids is 2. The van der Waals surface area contributed by atoms with Gasteiger partial charge in [-0.1, -0.05) is 18.2 Å². The van der Waals surface area contributed by atoms with Crippen LogP contribution in [0.1, 0.15) is 82.6 Å². The molecule has 1 saturated carbocycles. The number of benzene rings is 2. The molecule has 7 nitrogen and oxygen atoms in total. The number of ether oxygens (including phenoxy) is 2. The van der Waals surface area contributed by atoms with Gasteiger partial charge in [0.2, 0.25) is 0 Å². The van der Waals surface area contributed by atoms with Crippen LogP contribution in [-0.2, 0) is 17.7 Å². The number of esters is 1. The van der Waals surface area contributed by atoms with Crippen LogP contribution in [0, 0.1) is 5.82 Å². The number of halogens is 1. The summed E-state index contributed by atoms with van der Waals surface area (Å²) in [7, 11) is 1.34. The number of carbonyl (C=O) groups is 2. The molecule has 0 radical (unpaired) electrons.